The highest BCUT2D eigenvalue weighted by Gasteiger charge is 2.30. The molecule has 0 fully saturated rings. The van der Waals surface area contributed by atoms with Crippen molar-refractivity contribution in [3.05, 3.63) is 54.0 Å². The van der Waals surface area contributed by atoms with E-state index in [1.807, 2.05) is 57.2 Å². The summed E-state index contributed by atoms with van der Waals surface area (Å²) in [4.78, 5) is 12.5. The molecule has 21 heavy (non-hydrogen) atoms. The molecule has 0 bridgehead atoms. The predicted octanol–water partition coefficient (Wildman–Crippen LogP) is 2.89. The number of benzene rings is 1. The zero-order chi connectivity index (χ0) is 15.5. The first-order chi connectivity index (χ1) is 9.89. The smallest absolute Gasteiger partial charge is 0.230 e. The number of carbonyl (C=O) groups is 1. The minimum absolute atomic E-state index is 0.00803. The third-order valence-corrected chi connectivity index (χ3v) is 3.66. The molecule has 0 aliphatic rings. The topological polar surface area (TPSA) is 68.3 Å². The molecule has 0 saturated heterocycles. The predicted molar refractivity (Wildman–Crippen MR) is 83.9 cm³/mol. The van der Waals surface area contributed by atoms with Crippen LogP contribution in [0.1, 0.15) is 32.1 Å². The van der Waals surface area contributed by atoms with Gasteiger partial charge in [0.25, 0.3) is 0 Å². The van der Waals surface area contributed by atoms with Crippen molar-refractivity contribution < 1.29 is 9.21 Å². The van der Waals surface area contributed by atoms with Crippen molar-refractivity contribution in [3.63, 3.8) is 0 Å². The minimum atomic E-state index is -0.606. The summed E-state index contributed by atoms with van der Waals surface area (Å²) in [6, 6.07) is 11.2. The Bertz CT molecular complexity index is 586. The zero-order valence-electron chi connectivity index (χ0n) is 12.7. The normalized spacial score (nSPS) is 12.9. The lowest BCUT2D eigenvalue weighted by Crippen LogP contribution is -2.44. The van der Waals surface area contributed by atoms with Gasteiger partial charge in [-0.2, -0.15) is 0 Å². The van der Waals surface area contributed by atoms with Crippen LogP contribution in [0.2, 0.25) is 0 Å². The lowest BCUT2D eigenvalue weighted by atomic mass is 9.83. The molecule has 0 radical (unpaired) electrons. The fourth-order valence-electron chi connectivity index (χ4n) is 2.22. The molecule has 2 rings (SSSR count). The molecule has 4 heteroatoms. The number of nitrogens with two attached hydrogens (primary N) is 1. The van der Waals surface area contributed by atoms with E-state index in [4.69, 9.17) is 10.2 Å². The SMILES string of the molecule is CC(Cc1ccco1)NC(=O)C(C)(C)c1ccc(N)cc1. The Morgan fingerprint density at radius 3 is 2.52 bits per heavy atom. The Hall–Kier alpha value is -2.23. The fourth-order valence-corrected chi connectivity index (χ4v) is 2.22. The summed E-state index contributed by atoms with van der Waals surface area (Å²) in [6.45, 7) is 5.79. The van der Waals surface area contributed by atoms with E-state index in [1.54, 1.807) is 6.26 Å². The quantitative estimate of drug-likeness (QED) is 0.830. The van der Waals surface area contributed by atoms with E-state index >= 15 is 0 Å². The Morgan fingerprint density at radius 1 is 1.29 bits per heavy atom. The molecule has 1 aromatic carbocycles. The van der Waals surface area contributed by atoms with Crippen LogP contribution in [-0.4, -0.2) is 11.9 Å². The van der Waals surface area contributed by atoms with Gasteiger partial charge in [-0.05, 0) is 50.6 Å². The van der Waals surface area contributed by atoms with Gasteiger partial charge in [0.1, 0.15) is 5.76 Å². The van der Waals surface area contributed by atoms with Crippen LogP contribution < -0.4 is 11.1 Å². The molecule has 3 N–H and O–H groups in total. The largest absolute Gasteiger partial charge is 0.469 e. The number of furan rings is 1. The lowest BCUT2D eigenvalue weighted by molar-refractivity contribution is -0.126. The molecule has 0 aliphatic carbocycles. The first-order valence-electron chi connectivity index (χ1n) is 7.09. The summed E-state index contributed by atoms with van der Waals surface area (Å²) in [6.07, 6.45) is 2.32. The Morgan fingerprint density at radius 2 is 1.95 bits per heavy atom. The third-order valence-electron chi connectivity index (χ3n) is 3.66. The van der Waals surface area contributed by atoms with Gasteiger partial charge in [-0.1, -0.05) is 12.1 Å². The molecule has 1 amide bonds. The van der Waals surface area contributed by atoms with Crippen LogP contribution in [0.4, 0.5) is 5.69 Å². The fraction of sp³-hybridized carbons (Fsp3) is 0.353. The molecule has 0 aliphatic heterocycles. The van der Waals surface area contributed by atoms with Crippen molar-refractivity contribution >= 4 is 11.6 Å². The van der Waals surface area contributed by atoms with Crippen molar-refractivity contribution in [1.29, 1.82) is 0 Å². The van der Waals surface area contributed by atoms with Crippen LogP contribution >= 0.6 is 0 Å². The van der Waals surface area contributed by atoms with Gasteiger partial charge in [0.2, 0.25) is 5.91 Å². The maximum absolute atomic E-state index is 12.5. The van der Waals surface area contributed by atoms with Crippen LogP contribution in [0.3, 0.4) is 0 Å². The van der Waals surface area contributed by atoms with Crippen molar-refractivity contribution in [1.82, 2.24) is 5.32 Å². The summed E-state index contributed by atoms with van der Waals surface area (Å²) in [5.74, 6) is 0.861. The summed E-state index contributed by atoms with van der Waals surface area (Å²) < 4.78 is 5.30. The van der Waals surface area contributed by atoms with E-state index in [9.17, 15) is 4.79 Å². The van der Waals surface area contributed by atoms with E-state index in [0.29, 0.717) is 12.1 Å². The number of nitrogen functional groups attached to an aromatic ring is 1. The van der Waals surface area contributed by atoms with Crippen molar-refractivity contribution in [3.8, 4) is 0 Å². The maximum Gasteiger partial charge on any atom is 0.230 e. The molecular formula is C17H22N2O2. The highest BCUT2D eigenvalue weighted by molar-refractivity contribution is 5.87. The van der Waals surface area contributed by atoms with Gasteiger partial charge in [0.05, 0.1) is 11.7 Å². The van der Waals surface area contributed by atoms with Crippen LogP contribution in [0.5, 0.6) is 0 Å². The standard InChI is InChI=1S/C17H22N2O2/c1-12(11-15-5-4-10-21-15)19-16(20)17(2,3)13-6-8-14(18)9-7-13/h4-10,12H,11,18H2,1-3H3,(H,19,20). The number of hydrogen-bond acceptors (Lipinski definition) is 3. The molecule has 4 nitrogen and oxygen atoms in total. The van der Waals surface area contributed by atoms with Gasteiger partial charge in [-0.15, -0.1) is 0 Å². The second kappa shape index (κ2) is 6.04. The van der Waals surface area contributed by atoms with Gasteiger partial charge in [0, 0.05) is 18.2 Å². The summed E-state index contributed by atoms with van der Waals surface area (Å²) in [5.41, 5.74) is 6.72. The molecule has 1 aromatic heterocycles. The van der Waals surface area contributed by atoms with E-state index in [-0.39, 0.29) is 11.9 Å². The van der Waals surface area contributed by atoms with E-state index in [2.05, 4.69) is 5.32 Å². The van der Waals surface area contributed by atoms with Gasteiger partial charge in [-0.3, -0.25) is 4.79 Å². The van der Waals surface area contributed by atoms with Crippen LogP contribution in [0.15, 0.2) is 47.1 Å². The maximum atomic E-state index is 12.5. The number of rotatable bonds is 5. The van der Waals surface area contributed by atoms with Gasteiger partial charge in [0.15, 0.2) is 0 Å². The Labute approximate surface area is 125 Å². The first kappa shape index (κ1) is 15.2. The Balaban J connectivity index is 2.02. The zero-order valence-corrected chi connectivity index (χ0v) is 12.7. The molecule has 0 saturated carbocycles. The van der Waals surface area contributed by atoms with Crippen molar-refractivity contribution in [2.45, 2.75) is 38.6 Å². The second-order valence-corrected chi connectivity index (χ2v) is 5.91. The second-order valence-electron chi connectivity index (χ2n) is 5.91. The molecule has 0 spiro atoms. The van der Waals surface area contributed by atoms with E-state index in [1.165, 1.54) is 0 Å². The first-order valence-corrected chi connectivity index (χ1v) is 7.09. The number of nitrogens with one attached hydrogen (secondary N) is 1. The van der Waals surface area contributed by atoms with Crippen LogP contribution in [0, 0.1) is 0 Å². The highest BCUT2D eigenvalue weighted by Crippen LogP contribution is 2.24. The van der Waals surface area contributed by atoms with E-state index in [0.717, 1.165) is 11.3 Å². The third kappa shape index (κ3) is 3.66. The summed E-state index contributed by atoms with van der Waals surface area (Å²) >= 11 is 0. The number of amides is 1. The van der Waals surface area contributed by atoms with Crippen LogP contribution in [0.25, 0.3) is 0 Å². The van der Waals surface area contributed by atoms with Gasteiger partial charge in [-0.25, -0.2) is 0 Å². The molecule has 1 heterocycles. The molecule has 1 atom stereocenters. The van der Waals surface area contributed by atoms with Crippen LogP contribution in [-0.2, 0) is 16.6 Å². The Kier molecular flexibility index (Phi) is 4.36. The molecule has 2 aromatic rings. The summed E-state index contributed by atoms with van der Waals surface area (Å²) in [5, 5.41) is 3.04. The number of hydrogen-bond donors (Lipinski definition) is 2. The van der Waals surface area contributed by atoms with Crippen molar-refractivity contribution in [2.75, 3.05) is 5.73 Å². The summed E-state index contributed by atoms with van der Waals surface area (Å²) in [7, 11) is 0. The average molecular weight is 286 g/mol. The number of anilines is 1. The van der Waals surface area contributed by atoms with Gasteiger partial charge < -0.3 is 15.5 Å². The van der Waals surface area contributed by atoms with E-state index < -0.39 is 5.41 Å². The average Bonchev–Trinajstić information content (AvgIpc) is 2.91. The molecular weight excluding hydrogens is 264 g/mol. The highest BCUT2D eigenvalue weighted by atomic mass is 16.3. The van der Waals surface area contributed by atoms with Gasteiger partial charge >= 0.3 is 0 Å². The molecule has 1 unspecified atom stereocenters. The monoisotopic (exact) mass is 286 g/mol. The number of carbonyl (C=O) groups excluding carboxylic acids is 1. The molecule has 112 valence electrons. The minimum Gasteiger partial charge on any atom is -0.469 e. The lowest BCUT2D eigenvalue weighted by Gasteiger charge is -2.26. The van der Waals surface area contributed by atoms with Crippen molar-refractivity contribution in [2.24, 2.45) is 0 Å².